The summed E-state index contributed by atoms with van der Waals surface area (Å²) in [5, 5.41) is 16.5. The minimum atomic E-state index is -2.57. The first-order valence-corrected chi connectivity index (χ1v) is 38.1. The zero-order valence-corrected chi connectivity index (χ0v) is 66.0. The Kier molecular flexibility index (Phi) is 28.3. The van der Waals surface area contributed by atoms with Crippen LogP contribution < -0.4 is 48.4 Å². The Bertz CT molecular complexity index is 5530. The number of hydrogen-bond donors (Lipinski definition) is 1. The van der Waals surface area contributed by atoms with Crippen molar-refractivity contribution in [3.63, 3.8) is 0 Å². The smallest absolute Gasteiger partial charge is 0.261 e. The number of aryl methyl sites for hydroxylation is 2. The fourth-order valence-electron chi connectivity index (χ4n) is 14.2. The average molecular weight is 1610 g/mol. The van der Waals surface area contributed by atoms with Crippen LogP contribution in [0.5, 0.6) is 34.5 Å². The number of piperidine rings is 1. The third-order valence-corrected chi connectivity index (χ3v) is 20.4. The summed E-state index contributed by atoms with van der Waals surface area (Å²) in [6.07, 6.45) is 19.2. The van der Waals surface area contributed by atoms with Crippen molar-refractivity contribution in [2.75, 3.05) is 116 Å². The van der Waals surface area contributed by atoms with E-state index in [-0.39, 0.29) is 59.7 Å². The second kappa shape index (κ2) is 38.8. The first-order valence-electron chi connectivity index (χ1n) is 38.1. The van der Waals surface area contributed by atoms with Crippen molar-refractivity contribution in [2.24, 2.45) is 14.1 Å². The number of hydrogen-bond acceptors (Lipinski definition) is 23. The molecule has 6 aromatic heterocycles. The second-order valence-corrected chi connectivity index (χ2v) is 28.3. The van der Waals surface area contributed by atoms with E-state index < -0.39 is 5.92 Å². The highest BCUT2D eigenvalue weighted by atomic mass is 19.3. The van der Waals surface area contributed by atoms with Gasteiger partial charge in [0, 0.05) is 180 Å². The summed E-state index contributed by atoms with van der Waals surface area (Å²) in [5.41, 5.74) is 15.5. The number of aromatic nitrogens is 12. The van der Waals surface area contributed by atoms with Gasteiger partial charge in [-0.05, 0) is 110 Å². The molecule has 1 atom stereocenters. The number of anilines is 6. The van der Waals surface area contributed by atoms with Gasteiger partial charge in [-0.3, -0.25) is 38.8 Å². The predicted octanol–water partition coefficient (Wildman–Crippen LogP) is 16.7. The minimum absolute atomic E-state index is 0. The summed E-state index contributed by atoms with van der Waals surface area (Å²) < 4.78 is 72.1. The lowest BCUT2D eigenvalue weighted by atomic mass is 10.1. The van der Waals surface area contributed by atoms with Gasteiger partial charge in [-0.15, -0.1) is 0 Å². The van der Waals surface area contributed by atoms with Crippen LogP contribution in [0.2, 0.25) is 0 Å². The lowest BCUT2D eigenvalue weighted by Gasteiger charge is -2.34. The van der Waals surface area contributed by atoms with E-state index in [0.717, 1.165) is 135 Å². The number of benzene rings is 7. The third kappa shape index (κ3) is 19.8. The Morgan fingerprint density at radius 1 is 0.492 bits per heavy atom. The van der Waals surface area contributed by atoms with Gasteiger partial charge in [-0.25, -0.2) is 28.4 Å². The summed E-state index contributed by atoms with van der Waals surface area (Å²) in [6.45, 7) is 8.98. The Morgan fingerprint density at radius 3 is 1.39 bits per heavy atom. The van der Waals surface area contributed by atoms with Crippen LogP contribution in [0.15, 0.2) is 189 Å². The van der Waals surface area contributed by atoms with Crippen molar-refractivity contribution in [1.82, 2.24) is 74.4 Å². The number of fused-ring (bicyclic) bond motifs is 4. The van der Waals surface area contributed by atoms with Crippen LogP contribution >= 0.6 is 0 Å². The molecule has 118 heavy (non-hydrogen) atoms. The minimum Gasteiger partial charge on any atom is -0.497 e. The number of methoxy groups -OCH3 is 6. The van der Waals surface area contributed by atoms with Gasteiger partial charge in [0.1, 0.15) is 40.7 Å². The number of nitrogens with one attached hydrogen (secondary N) is 1. The number of halogens is 2. The van der Waals surface area contributed by atoms with Crippen molar-refractivity contribution in [1.29, 1.82) is 0 Å². The van der Waals surface area contributed by atoms with E-state index in [2.05, 4.69) is 76.2 Å². The number of rotatable bonds is 26. The quantitative estimate of drug-likeness (QED) is 0.0494. The van der Waals surface area contributed by atoms with Crippen LogP contribution in [0, 0.1) is 0 Å². The Hall–Kier alpha value is -12.7. The summed E-state index contributed by atoms with van der Waals surface area (Å²) in [4.78, 5) is 64.6. The molecule has 0 aliphatic carbocycles. The topological polar surface area (TPSA) is 258 Å². The molecule has 1 unspecified atom stereocenters. The Morgan fingerprint density at radius 2 is 0.949 bits per heavy atom. The number of carbonyl (C=O) groups is 2. The van der Waals surface area contributed by atoms with Crippen LogP contribution in [0.4, 0.5) is 42.9 Å². The molecule has 0 saturated carbocycles. The van der Waals surface area contributed by atoms with Crippen LogP contribution in [0.25, 0.3) is 66.9 Å². The van der Waals surface area contributed by atoms with Gasteiger partial charge in [-0.2, -0.15) is 15.3 Å². The molecule has 7 aromatic carbocycles. The summed E-state index contributed by atoms with van der Waals surface area (Å²) >= 11 is 0. The molecule has 0 bridgehead atoms. The molecule has 16 rings (SSSR count). The van der Waals surface area contributed by atoms with Gasteiger partial charge in [0.15, 0.2) is 0 Å². The monoisotopic (exact) mass is 1610 g/mol. The molecule has 1 N–H and O–H groups in total. The molecule has 618 valence electrons. The van der Waals surface area contributed by atoms with Crippen molar-refractivity contribution < 1.29 is 51.5 Å². The van der Waals surface area contributed by atoms with E-state index in [0.29, 0.717) is 89.8 Å². The van der Waals surface area contributed by atoms with Crippen LogP contribution in [-0.4, -0.2) is 194 Å². The maximum Gasteiger partial charge on any atom is 0.261 e. The molecule has 0 spiro atoms. The highest BCUT2D eigenvalue weighted by Gasteiger charge is 2.37. The van der Waals surface area contributed by atoms with Gasteiger partial charge in [-0.1, -0.05) is 48.3 Å². The number of amides is 2. The maximum absolute atomic E-state index is 13.7. The van der Waals surface area contributed by atoms with E-state index in [4.69, 9.17) is 48.1 Å². The largest absolute Gasteiger partial charge is 0.497 e. The molecule has 2 saturated heterocycles. The number of nitrogens with zero attached hydrogens (tertiary/aromatic N) is 17. The molecule has 2 amide bonds. The SMILES string of the molecule is C.C.C.COc1cc(OC)cc(N(CCN2CCC(F)(F)CC2)c2ccc3ncc(-c4cnn(C)c4)nc3c2)c1.COc1ccc(OC)c(N(CCN2C(=O)c3ccccc3C2=O)c2ccc3ncc(-c4cnn(C5CCCCO5)c4)nc3c2)c1.COc1ccc(OC)c(N(CCNC(C)C)c2ccc3ncc(-c4cnn(C)c4)nc3c2)c1. The molecule has 27 nitrogen and oxygen atoms in total. The number of ether oxygens (including phenoxy) is 7. The van der Waals surface area contributed by atoms with E-state index >= 15 is 0 Å². The van der Waals surface area contributed by atoms with Gasteiger partial charge in [0.25, 0.3) is 17.7 Å². The average Bonchev–Trinajstić information content (AvgIpc) is 1.58. The molecular formula is C89H104F2N18O9. The molecule has 2 fully saturated rings. The predicted molar refractivity (Wildman–Crippen MR) is 458 cm³/mol. The number of alkyl halides is 2. The lowest BCUT2D eigenvalue weighted by molar-refractivity contribution is -0.0544. The van der Waals surface area contributed by atoms with Gasteiger partial charge >= 0.3 is 0 Å². The van der Waals surface area contributed by atoms with Gasteiger partial charge < -0.3 is 58.1 Å². The van der Waals surface area contributed by atoms with Crippen molar-refractivity contribution >= 4 is 79.0 Å². The maximum atomic E-state index is 13.7. The number of imide groups is 1. The summed E-state index contributed by atoms with van der Waals surface area (Å²) in [7, 11) is 13.5. The first-order chi connectivity index (χ1) is 55.8. The number of likely N-dealkylation sites (tertiary alicyclic amines) is 1. The van der Waals surface area contributed by atoms with Crippen LogP contribution in [0.1, 0.15) is 95.2 Å². The summed E-state index contributed by atoms with van der Waals surface area (Å²) in [5.74, 6) is 0.936. The molecular weight excluding hydrogens is 1500 g/mol. The van der Waals surface area contributed by atoms with Gasteiger partial charge in [0.2, 0.25) is 0 Å². The fraction of sp³-hybridized carbons (Fsp3) is 0.337. The molecule has 13 aromatic rings. The van der Waals surface area contributed by atoms with E-state index in [9.17, 15) is 18.4 Å². The van der Waals surface area contributed by atoms with E-state index in [1.807, 2.05) is 139 Å². The highest BCUT2D eigenvalue weighted by Crippen LogP contribution is 2.42. The third-order valence-electron chi connectivity index (χ3n) is 20.4. The van der Waals surface area contributed by atoms with Crippen LogP contribution in [0.3, 0.4) is 0 Å². The highest BCUT2D eigenvalue weighted by molar-refractivity contribution is 6.21. The normalized spacial score (nSPS) is 14.2. The fourth-order valence-corrected chi connectivity index (χ4v) is 14.2. The van der Waals surface area contributed by atoms with E-state index in [1.54, 1.807) is 113 Å². The Balaban J connectivity index is 0.000000174. The van der Waals surface area contributed by atoms with Gasteiger partial charge in [0.05, 0.1) is 153 Å². The van der Waals surface area contributed by atoms with Crippen molar-refractivity contribution in [3.8, 4) is 68.3 Å². The molecule has 3 aliphatic heterocycles. The van der Waals surface area contributed by atoms with E-state index in [1.165, 1.54) is 4.90 Å². The lowest BCUT2D eigenvalue weighted by Crippen LogP contribution is -2.42. The van der Waals surface area contributed by atoms with Crippen LogP contribution in [-0.2, 0) is 18.8 Å². The molecule has 0 radical (unpaired) electrons. The molecule has 3 aliphatic rings. The zero-order valence-electron chi connectivity index (χ0n) is 66.0. The number of carbonyl (C=O) groups excluding carboxylic acids is 2. The molecule has 29 heteroatoms. The van der Waals surface area contributed by atoms with Crippen molar-refractivity contribution in [2.45, 2.75) is 86.4 Å². The standard InChI is InChI=1S/C34H32N6O5.C27H30F2N6O2.C25H30N6O2.3CH4/c1-43-24-11-13-31(44-2)30(18-24)38(14-15-39-33(41)25-7-3-4-8-26(25)34(39)42)23-10-12-27-28(17-23)37-29(20-35-27)22-19-36-40(21-22)32-9-5-6-16-45-32;1-33-18-19(16-31-33)26-17-30-24-5-4-20(14-25(24)32-26)35(11-10-34-8-6-27(28,29)7-9-34)21-12-22(36-2)15-23(13-21)37-3;1-17(2)26-10-11-31(24-13-20(32-4)7-9-25(24)33-5)19-6-8-21-22(12-19)29-23(15-27-21)18-14-28-30(3)16-18;;;/h3-4,7-8,10-13,17-21,32H,5-6,9,14-16H2,1-2H3;4-5,12-18H,6-11H2,1-3H3;6-9,12-17,26H,10-11H2,1-5H3;3*1H4. The second-order valence-electron chi connectivity index (χ2n) is 28.3. The summed E-state index contributed by atoms with van der Waals surface area (Å²) in [6, 6.07) is 42.2. The Labute approximate surface area is 687 Å². The van der Waals surface area contributed by atoms with Crippen molar-refractivity contribution in [3.05, 3.63) is 200 Å². The molecule has 9 heterocycles. The zero-order chi connectivity index (χ0) is 80.3. The first kappa shape index (κ1) is 86.1.